The number of hydrogen-bond acceptors (Lipinski definition) is 3. The molecule has 1 radical (unpaired) electrons. The number of rotatable bonds is 10. The van der Waals surface area contributed by atoms with Gasteiger partial charge >= 0.3 is 0 Å². The summed E-state index contributed by atoms with van der Waals surface area (Å²) in [5.41, 5.74) is 6.99. The molecule has 3 rings (SSSR count). The molecule has 0 fully saturated rings. The van der Waals surface area contributed by atoms with Crippen molar-refractivity contribution in [2.75, 3.05) is 0 Å². The van der Waals surface area contributed by atoms with Crippen LogP contribution in [0.5, 0.6) is 0 Å². The second kappa shape index (κ2) is 16.6. The van der Waals surface area contributed by atoms with Gasteiger partial charge in [-0.05, 0) is 55.3 Å². The Morgan fingerprint density at radius 1 is 0.947 bits per heavy atom. The molecule has 0 aliphatic carbocycles. The molecular weight excluding hydrogens is 647 g/mol. The third kappa shape index (κ3) is 9.79. The van der Waals surface area contributed by atoms with Gasteiger partial charge in [-0.25, -0.2) is 0 Å². The van der Waals surface area contributed by atoms with Crippen LogP contribution in [0.1, 0.15) is 83.9 Å². The van der Waals surface area contributed by atoms with Crippen molar-refractivity contribution in [1.82, 2.24) is 4.98 Å². The number of fused-ring (bicyclic) bond motifs is 1. The van der Waals surface area contributed by atoms with E-state index in [1.807, 2.05) is 27.7 Å². The Kier molecular flexibility index (Phi) is 14.8. The van der Waals surface area contributed by atoms with Gasteiger partial charge in [0.15, 0.2) is 5.78 Å². The standard InChI is InChI=1S/C21H22N.C13H24O2.Ir/c1-14(2)9-17-13-21(18-11-15(3)10-16(4)12-18)22-20-8-6-5-7-19(17)20;1-5-10(6-2)12(14)9-13(15)11(7-3)8-4;/h5-8,10-11,13-14H,9H2,1-4H3;9-11,14H,5-8H2,1-4H3;/q-1;;/b;12-9-;. The van der Waals surface area contributed by atoms with Crippen LogP contribution >= 0.6 is 0 Å². The van der Waals surface area contributed by atoms with Crippen LogP contribution in [0.3, 0.4) is 0 Å². The zero-order valence-corrected chi connectivity index (χ0v) is 26.9. The second-order valence-electron chi connectivity index (χ2n) is 10.5. The summed E-state index contributed by atoms with van der Waals surface area (Å²) in [6.45, 7) is 16.8. The van der Waals surface area contributed by atoms with E-state index in [4.69, 9.17) is 4.98 Å². The Morgan fingerprint density at radius 3 is 2.11 bits per heavy atom. The molecule has 0 spiro atoms. The third-order valence-electron chi connectivity index (χ3n) is 6.94. The van der Waals surface area contributed by atoms with Crippen LogP contribution in [0.4, 0.5) is 0 Å². The fourth-order valence-corrected chi connectivity index (χ4v) is 4.81. The molecule has 0 atom stereocenters. The molecule has 4 heteroatoms. The topological polar surface area (TPSA) is 50.2 Å². The van der Waals surface area contributed by atoms with Gasteiger partial charge in [0.25, 0.3) is 0 Å². The van der Waals surface area contributed by atoms with Crippen LogP contribution in [0.2, 0.25) is 0 Å². The van der Waals surface area contributed by atoms with Gasteiger partial charge in [0.05, 0.1) is 11.3 Å². The summed E-state index contributed by atoms with van der Waals surface area (Å²) in [6, 6.07) is 18.4. The van der Waals surface area contributed by atoms with Gasteiger partial charge in [-0.15, -0.1) is 34.9 Å². The maximum Gasteiger partial charge on any atom is 0.162 e. The molecule has 1 heterocycles. The van der Waals surface area contributed by atoms with Crippen molar-refractivity contribution in [3.63, 3.8) is 0 Å². The monoisotopic (exact) mass is 693 g/mol. The summed E-state index contributed by atoms with van der Waals surface area (Å²) in [6.07, 6.45) is 5.98. The number of nitrogens with zero attached hydrogens (tertiary/aromatic N) is 1. The van der Waals surface area contributed by atoms with E-state index >= 15 is 0 Å². The van der Waals surface area contributed by atoms with Crippen molar-refractivity contribution in [2.45, 2.75) is 87.5 Å². The van der Waals surface area contributed by atoms with Crippen molar-refractivity contribution < 1.29 is 30.0 Å². The summed E-state index contributed by atoms with van der Waals surface area (Å²) in [4.78, 5) is 16.6. The first-order valence-electron chi connectivity index (χ1n) is 14.0. The Morgan fingerprint density at radius 2 is 1.55 bits per heavy atom. The molecule has 0 saturated heterocycles. The van der Waals surface area contributed by atoms with Gasteiger partial charge in [0.2, 0.25) is 0 Å². The van der Waals surface area contributed by atoms with Gasteiger partial charge < -0.3 is 5.11 Å². The van der Waals surface area contributed by atoms with Gasteiger partial charge in [0.1, 0.15) is 0 Å². The second-order valence-corrected chi connectivity index (χ2v) is 10.5. The minimum atomic E-state index is 0. The minimum absolute atomic E-state index is 0. The summed E-state index contributed by atoms with van der Waals surface area (Å²) >= 11 is 0. The number of aryl methyl sites for hydroxylation is 2. The molecule has 0 unspecified atom stereocenters. The number of aliphatic hydroxyl groups is 1. The largest absolute Gasteiger partial charge is 0.512 e. The van der Waals surface area contributed by atoms with Gasteiger partial charge in [-0.3, -0.25) is 9.78 Å². The smallest absolute Gasteiger partial charge is 0.162 e. The Bertz CT molecular complexity index is 1170. The zero-order chi connectivity index (χ0) is 27.5. The molecule has 2 aromatic carbocycles. The molecule has 0 saturated carbocycles. The normalized spacial score (nSPS) is 11.5. The number of carbonyl (C=O) groups is 1. The van der Waals surface area contributed by atoms with Crippen molar-refractivity contribution in [1.29, 1.82) is 0 Å². The molecule has 0 bridgehead atoms. The SMILES string of the molecule is CCC(CC)C(=O)/C=C(\O)C(CC)CC.Cc1[c-]c(-c2cc(CC(C)C)c3ccccc3n2)cc(C)c1.[Ir]. The Labute approximate surface area is 244 Å². The van der Waals surface area contributed by atoms with Crippen molar-refractivity contribution >= 4 is 16.7 Å². The predicted octanol–water partition coefficient (Wildman–Crippen LogP) is 9.38. The Balaban J connectivity index is 0.000000401. The number of carbonyl (C=O) groups excluding carboxylic acids is 1. The van der Waals surface area contributed by atoms with Gasteiger partial charge in [-0.1, -0.05) is 79.7 Å². The van der Waals surface area contributed by atoms with Crippen LogP contribution in [0.15, 0.2) is 54.3 Å². The van der Waals surface area contributed by atoms with Crippen molar-refractivity contribution in [3.05, 3.63) is 77.1 Å². The van der Waals surface area contributed by atoms with E-state index in [9.17, 15) is 9.90 Å². The van der Waals surface area contributed by atoms with Crippen LogP contribution < -0.4 is 0 Å². The van der Waals surface area contributed by atoms with Crippen LogP contribution in [0.25, 0.3) is 22.2 Å². The number of aromatic nitrogens is 1. The first-order valence-corrected chi connectivity index (χ1v) is 14.0. The van der Waals surface area contributed by atoms with Crippen LogP contribution in [0, 0.1) is 37.7 Å². The molecule has 0 aliphatic heterocycles. The number of benzene rings is 2. The summed E-state index contributed by atoms with van der Waals surface area (Å²) < 4.78 is 0. The minimum Gasteiger partial charge on any atom is -0.512 e. The van der Waals surface area contributed by atoms with Crippen LogP contribution in [-0.2, 0) is 31.3 Å². The maximum absolute atomic E-state index is 11.7. The van der Waals surface area contributed by atoms with E-state index < -0.39 is 0 Å². The number of aliphatic hydroxyl groups excluding tert-OH is 1. The average molecular weight is 693 g/mol. The van der Waals surface area contributed by atoms with E-state index in [0.29, 0.717) is 5.92 Å². The van der Waals surface area contributed by atoms with Gasteiger partial charge in [0, 0.05) is 43.4 Å². The molecule has 209 valence electrons. The number of ketones is 1. The maximum atomic E-state index is 11.7. The van der Waals surface area contributed by atoms with Crippen molar-refractivity contribution in [3.8, 4) is 11.3 Å². The fourth-order valence-electron chi connectivity index (χ4n) is 4.81. The first-order chi connectivity index (χ1) is 17.6. The fraction of sp³-hybridized carbons (Fsp3) is 0.471. The average Bonchev–Trinajstić information content (AvgIpc) is 2.85. The molecular formula is C34H46IrNO2-. The van der Waals surface area contributed by atoms with Gasteiger partial charge in [-0.2, -0.15) is 0 Å². The molecule has 38 heavy (non-hydrogen) atoms. The van der Waals surface area contributed by atoms with Crippen LogP contribution in [-0.4, -0.2) is 15.9 Å². The third-order valence-corrected chi connectivity index (χ3v) is 6.94. The van der Waals surface area contributed by atoms with E-state index in [1.54, 1.807) is 0 Å². The summed E-state index contributed by atoms with van der Waals surface area (Å²) in [5.74, 6) is 1.17. The van der Waals surface area contributed by atoms with Crippen molar-refractivity contribution in [2.24, 2.45) is 17.8 Å². The quantitative estimate of drug-likeness (QED) is 0.131. The Hall–Kier alpha value is -2.29. The molecule has 0 aliphatic rings. The molecule has 1 aromatic heterocycles. The molecule has 0 amide bonds. The zero-order valence-electron chi connectivity index (χ0n) is 24.5. The van der Waals surface area contributed by atoms with E-state index in [2.05, 4.69) is 76.2 Å². The number of para-hydroxylation sites is 1. The molecule has 3 aromatic rings. The van der Waals surface area contributed by atoms with E-state index in [0.717, 1.165) is 54.4 Å². The number of hydrogen-bond donors (Lipinski definition) is 1. The summed E-state index contributed by atoms with van der Waals surface area (Å²) in [7, 11) is 0. The number of allylic oxidation sites excluding steroid dienone is 2. The predicted molar refractivity (Wildman–Crippen MR) is 158 cm³/mol. The van der Waals surface area contributed by atoms with E-state index in [1.165, 1.54) is 22.6 Å². The first kappa shape index (κ1) is 33.7. The summed E-state index contributed by atoms with van der Waals surface area (Å²) in [5, 5.41) is 11.0. The van der Waals surface area contributed by atoms with E-state index in [-0.39, 0.29) is 43.5 Å². The molecule has 3 nitrogen and oxygen atoms in total. The number of pyridine rings is 1. The molecule has 1 N–H and O–H groups in total.